The Morgan fingerprint density at radius 2 is 1.57 bits per heavy atom. The molecule has 0 spiro atoms. The van der Waals surface area contributed by atoms with Gasteiger partial charge in [0.25, 0.3) is 10.0 Å². The van der Waals surface area contributed by atoms with E-state index in [2.05, 4.69) is 27.9 Å². The number of amides is 2. The largest absolute Gasteiger partial charge is 0.355 e. The van der Waals surface area contributed by atoms with Crippen molar-refractivity contribution in [1.82, 2.24) is 10.2 Å². The fraction of sp³-hybridized carbons (Fsp3) is 0.259. The summed E-state index contributed by atoms with van der Waals surface area (Å²) in [5.74, 6) is -1.32. The number of rotatable bonds is 11. The van der Waals surface area contributed by atoms with Crippen LogP contribution in [0.1, 0.15) is 25.8 Å². The average Bonchev–Trinajstić information content (AvgIpc) is 2.89. The van der Waals surface area contributed by atoms with Gasteiger partial charge in [-0.3, -0.25) is 13.9 Å². The normalized spacial score (nSPS) is 12.0. The van der Waals surface area contributed by atoms with E-state index in [0.717, 1.165) is 7.88 Å². The topological polar surface area (TPSA) is 86.8 Å². The molecule has 0 radical (unpaired) electrons. The van der Waals surface area contributed by atoms with Gasteiger partial charge >= 0.3 is 0 Å². The molecule has 3 rings (SSSR count). The van der Waals surface area contributed by atoms with Crippen molar-refractivity contribution < 1.29 is 22.4 Å². The lowest BCUT2D eigenvalue weighted by Crippen LogP contribution is -2.52. The fourth-order valence-corrected chi connectivity index (χ4v) is 5.65. The lowest BCUT2D eigenvalue weighted by Gasteiger charge is -2.33. The third kappa shape index (κ3) is 7.29. The molecule has 1 N–H and O–H groups in total. The number of halogens is 2. The maximum absolute atomic E-state index is 13.8. The zero-order chi connectivity index (χ0) is 27.0. The molecule has 0 aliphatic rings. The summed E-state index contributed by atoms with van der Waals surface area (Å²) in [6, 6.07) is 19.5. The Morgan fingerprint density at radius 3 is 2.14 bits per heavy atom. The highest BCUT2D eigenvalue weighted by molar-refractivity contribution is 14.1. The molecule has 10 heteroatoms. The third-order valence-electron chi connectivity index (χ3n) is 5.73. The molecule has 0 aromatic heterocycles. The highest BCUT2D eigenvalue weighted by Crippen LogP contribution is 2.25. The zero-order valence-corrected chi connectivity index (χ0v) is 23.6. The van der Waals surface area contributed by atoms with Crippen molar-refractivity contribution in [2.24, 2.45) is 0 Å². The van der Waals surface area contributed by atoms with Gasteiger partial charge in [0, 0.05) is 16.7 Å². The highest BCUT2D eigenvalue weighted by Gasteiger charge is 2.33. The van der Waals surface area contributed by atoms with Crippen LogP contribution in [-0.4, -0.2) is 44.3 Å². The van der Waals surface area contributed by atoms with Crippen molar-refractivity contribution in [3.05, 3.63) is 93.8 Å². The van der Waals surface area contributed by atoms with Gasteiger partial charge in [-0.15, -0.1) is 0 Å². The molecule has 0 saturated carbocycles. The molecular formula is C27H29FIN3O4S. The van der Waals surface area contributed by atoms with E-state index in [9.17, 15) is 22.4 Å². The number of sulfonamides is 1. The van der Waals surface area contributed by atoms with Gasteiger partial charge < -0.3 is 10.2 Å². The quantitative estimate of drug-likeness (QED) is 0.313. The first-order chi connectivity index (χ1) is 17.7. The van der Waals surface area contributed by atoms with Crippen molar-refractivity contribution >= 4 is 50.1 Å². The summed E-state index contributed by atoms with van der Waals surface area (Å²) >= 11 is 2.12. The summed E-state index contributed by atoms with van der Waals surface area (Å²) in [6.07, 6.45) is 0.313. The zero-order valence-electron chi connectivity index (χ0n) is 20.6. The van der Waals surface area contributed by atoms with Gasteiger partial charge in [0.05, 0.1) is 10.6 Å². The van der Waals surface area contributed by atoms with Gasteiger partial charge in [0.2, 0.25) is 11.8 Å². The van der Waals surface area contributed by atoms with Gasteiger partial charge in [0.1, 0.15) is 18.4 Å². The molecule has 0 aliphatic heterocycles. The molecule has 2 amide bonds. The lowest BCUT2D eigenvalue weighted by molar-refractivity contribution is -0.140. The first-order valence-electron chi connectivity index (χ1n) is 11.8. The van der Waals surface area contributed by atoms with Crippen molar-refractivity contribution in [2.45, 2.75) is 37.8 Å². The van der Waals surface area contributed by atoms with E-state index in [1.54, 1.807) is 56.3 Å². The molecule has 0 heterocycles. The Labute approximate surface area is 230 Å². The van der Waals surface area contributed by atoms with Crippen LogP contribution in [-0.2, 0) is 26.2 Å². The molecule has 0 unspecified atom stereocenters. The minimum atomic E-state index is -4.10. The first-order valence-corrected chi connectivity index (χ1v) is 14.3. The van der Waals surface area contributed by atoms with E-state index in [-0.39, 0.29) is 17.3 Å². The van der Waals surface area contributed by atoms with E-state index >= 15 is 0 Å². The minimum absolute atomic E-state index is 0.0146. The second kappa shape index (κ2) is 13.0. The van der Waals surface area contributed by atoms with Crippen LogP contribution in [0.4, 0.5) is 10.1 Å². The van der Waals surface area contributed by atoms with Crippen molar-refractivity contribution in [1.29, 1.82) is 0 Å². The second-order valence-electron chi connectivity index (χ2n) is 8.27. The number of carbonyl (C=O) groups is 2. The summed E-state index contributed by atoms with van der Waals surface area (Å²) in [4.78, 5) is 28.1. The van der Waals surface area contributed by atoms with Gasteiger partial charge in [-0.05, 0) is 90.0 Å². The summed E-state index contributed by atoms with van der Waals surface area (Å²) in [6.45, 7) is 3.44. The maximum atomic E-state index is 13.8. The van der Waals surface area contributed by atoms with Crippen LogP contribution in [0.5, 0.6) is 0 Å². The van der Waals surface area contributed by atoms with Crippen molar-refractivity contribution in [3.8, 4) is 0 Å². The van der Waals surface area contributed by atoms with Crippen LogP contribution in [0.2, 0.25) is 0 Å². The molecule has 0 saturated heterocycles. The van der Waals surface area contributed by atoms with E-state index in [0.29, 0.717) is 24.2 Å². The molecule has 3 aromatic rings. The molecular weight excluding hydrogens is 608 g/mol. The van der Waals surface area contributed by atoms with Gasteiger partial charge in [-0.2, -0.15) is 0 Å². The summed E-state index contributed by atoms with van der Waals surface area (Å²) in [5, 5.41) is 2.75. The van der Waals surface area contributed by atoms with Crippen LogP contribution in [0, 0.1) is 9.39 Å². The SMILES string of the molecule is CCNC(=O)[C@H](CC)N(Cc1ccc(F)cc1)C(=O)CN(c1ccc(I)cc1)S(=O)(=O)c1ccccc1. The van der Waals surface area contributed by atoms with E-state index in [4.69, 9.17) is 0 Å². The second-order valence-corrected chi connectivity index (χ2v) is 11.4. The maximum Gasteiger partial charge on any atom is 0.264 e. The van der Waals surface area contributed by atoms with Crippen LogP contribution in [0.3, 0.4) is 0 Å². The Kier molecular flexibility index (Phi) is 10.0. The van der Waals surface area contributed by atoms with Gasteiger partial charge in [-0.1, -0.05) is 37.3 Å². The number of benzene rings is 3. The lowest BCUT2D eigenvalue weighted by atomic mass is 10.1. The number of nitrogens with one attached hydrogen (secondary N) is 1. The Bertz CT molecular complexity index is 1300. The summed E-state index contributed by atoms with van der Waals surface area (Å²) in [5.41, 5.74) is 0.939. The van der Waals surface area contributed by atoms with E-state index in [1.807, 2.05) is 0 Å². The van der Waals surface area contributed by atoms with E-state index < -0.39 is 34.3 Å². The standard InChI is InChI=1S/C27H29FIN3O4S/c1-3-25(27(34)30-4-2)31(18-20-10-12-21(28)13-11-20)26(33)19-32(23-16-14-22(29)15-17-23)37(35,36)24-8-6-5-7-9-24/h5-17,25H,3-4,18-19H2,1-2H3,(H,30,34)/t25-/m0/s1. The molecule has 0 fully saturated rings. The Balaban J connectivity index is 2.03. The number of hydrogen-bond donors (Lipinski definition) is 1. The van der Waals surface area contributed by atoms with Crippen LogP contribution < -0.4 is 9.62 Å². The van der Waals surface area contributed by atoms with E-state index in [1.165, 1.54) is 41.3 Å². The number of nitrogens with zero attached hydrogens (tertiary/aromatic N) is 2. The molecule has 7 nitrogen and oxygen atoms in total. The van der Waals surface area contributed by atoms with Crippen LogP contribution >= 0.6 is 22.6 Å². The van der Waals surface area contributed by atoms with Crippen LogP contribution in [0.15, 0.2) is 83.8 Å². The predicted molar refractivity (Wildman–Crippen MR) is 150 cm³/mol. The molecule has 1 atom stereocenters. The van der Waals surface area contributed by atoms with Crippen molar-refractivity contribution in [2.75, 3.05) is 17.4 Å². The minimum Gasteiger partial charge on any atom is -0.355 e. The molecule has 0 aliphatic carbocycles. The Morgan fingerprint density at radius 1 is 0.946 bits per heavy atom. The van der Waals surface area contributed by atoms with Gasteiger partial charge in [0.15, 0.2) is 0 Å². The van der Waals surface area contributed by atoms with Gasteiger partial charge in [-0.25, -0.2) is 12.8 Å². The Hall–Kier alpha value is -2.99. The smallest absolute Gasteiger partial charge is 0.264 e. The first kappa shape index (κ1) is 28.6. The molecule has 3 aromatic carbocycles. The number of hydrogen-bond acceptors (Lipinski definition) is 4. The molecule has 37 heavy (non-hydrogen) atoms. The highest BCUT2D eigenvalue weighted by atomic mass is 127. The predicted octanol–water partition coefficient (Wildman–Crippen LogP) is 4.57. The number of anilines is 1. The number of likely N-dealkylation sites (N-methyl/N-ethyl adjacent to an activating group) is 1. The summed E-state index contributed by atoms with van der Waals surface area (Å²) in [7, 11) is -4.10. The monoisotopic (exact) mass is 637 g/mol. The van der Waals surface area contributed by atoms with Crippen LogP contribution in [0.25, 0.3) is 0 Å². The average molecular weight is 638 g/mol. The molecule has 0 bridgehead atoms. The van der Waals surface area contributed by atoms with Crippen molar-refractivity contribution in [3.63, 3.8) is 0 Å². The molecule has 196 valence electrons. The summed E-state index contributed by atoms with van der Waals surface area (Å²) < 4.78 is 42.8. The fourth-order valence-electron chi connectivity index (χ4n) is 3.85. The number of carbonyl (C=O) groups excluding carboxylic acids is 2. The third-order valence-corrected chi connectivity index (χ3v) is 8.24.